The molecule has 1 saturated heterocycles. The molecule has 0 aliphatic carbocycles. The molecule has 1 heterocycles. The van der Waals surface area contributed by atoms with Crippen LogP contribution in [0.3, 0.4) is 0 Å². The number of rotatable bonds is 4. The van der Waals surface area contributed by atoms with Gasteiger partial charge in [-0.3, -0.25) is 0 Å². The van der Waals surface area contributed by atoms with Crippen LogP contribution in [0.15, 0.2) is 29.2 Å². The van der Waals surface area contributed by atoms with Crippen LogP contribution < -0.4 is 4.72 Å². The summed E-state index contributed by atoms with van der Waals surface area (Å²) in [6.07, 6.45) is 1.37. The summed E-state index contributed by atoms with van der Waals surface area (Å²) in [4.78, 5) is 0.349. The first-order valence-corrected chi connectivity index (χ1v) is 8.83. The van der Waals surface area contributed by atoms with Gasteiger partial charge < -0.3 is 4.74 Å². The van der Waals surface area contributed by atoms with Crippen LogP contribution in [-0.4, -0.2) is 32.5 Å². The minimum absolute atomic E-state index is 0.349. The van der Waals surface area contributed by atoms with Crippen molar-refractivity contribution >= 4 is 26.0 Å². The molecule has 1 fully saturated rings. The van der Waals surface area contributed by atoms with E-state index in [2.05, 4.69) is 20.7 Å². The summed E-state index contributed by atoms with van der Waals surface area (Å²) < 4.78 is 33.2. The SMILES string of the molecule is Cc1ccccc1S(=O)(=O)NC1(CBr)CCOCC1. The summed E-state index contributed by atoms with van der Waals surface area (Å²) in [6, 6.07) is 7.02. The Morgan fingerprint density at radius 3 is 2.53 bits per heavy atom. The van der Waals surface area contributed by atoms with E-state index in [1.165, 1.54) is 0 Å². The minimum Gasteiger partial charge on any atom is -0.381 e. The fourth-order valence-electron chi connectivity index (χ4n) is 2.22. The van der Waals surface area contributed by atoms with Crippen molar-refractivity contribution in [2.75, 3.05) is 18.5 Å². The van der Waals surface area contributed by atoms with Gasteiger partial charge in [-0.15, -0.1) is 0 Å². The number of hydrogen-bond acceptors (Lipinski definition) is 3. The zero-order valence-corrected chi connectivity index (χ0v) is 13.3. The van der Waals surface area contributed by atoms with Crippen molar-refractivity contribution in [1.82, 2.24) is 4.72 Å². The van der Waals surface area contributed by atoms with Crippen LogP contribution in [0.25, 0.3) is 0 Å². The van der Waals surface area contributed by atoms with Crippen molar-refractivity contribution in [2.45, 2.75) is 30.2 Å². The Bertz CT molecular complexity index is 539. The number of hydrogen-bond donors (Lipinski definition) is 1. The normalized spacial score (nSPS) is 19.3. The van der Waals surface area contributed by atoms with Gasteiger partial charge in [-0.1, -0.05) is 34.1 Å². The Balaban J connectivity index is 2.28. The molecule has 2 rings (SSSR count). The van der Waals surface area contributed by atoms with Crippen LogP contribution in [0.2, 0.25) is 0 Å². The van der Waals surface area contributed by atoms with E-state index in [9.17, 15) is 8.42 Å². The van der Waals surface area contributed by atoms with E-state index < -0.39 is 15.6 Å². The Labute approximate surface area is 122 Å². The molecule has 0 amide bonds. The summed E-state index contributed by atoms with van der Waals surface area (Å²) in [5, 5.41) is 0.592. The van der Waals surface area contributed by atoms with Crippen molar-refractivity contribution in [3.63, 3.8) is 0 Å². The number of nitrogens with one attached hydrogen (secondary N) is 1. The van der Waals surface area contributed by atoms with Crippen molar-refractivity contribution < 1.29 is 13.2 Å². The van der Waals surface area contributed by atoms with Crippen LogP contribution in [0.4, 0.5) is 0 Å². The molecule has 1 aromatic carbocycles. The Morgan fingerprint density at radius 1 is 1.32 bits per heavy atom. The molecular formula is C13H18BrNO3S. The fourth-order valence-corrected chi connectivity index (χ4v) is 4.82. The molecule has 1 aliphatic rings. The highest BCUT2D eigenvalue weighted by Crippen LogP contribution is 2.26. The zero-order chi connectivity index (χ0) is 13.9. The predicted octanol–water partition coefficient (Wildman–Crippen LogP) is 2.22. The third kappa shape index (κ3) is 3.37. The maximum Gasteiger partial charge on any atom is 0.241 e. The van der Waals surface area contributed by atoms with Gasteiger partial charge in [0.15, 0.2) is 0 Å². The second-order valence-electron chi connectivity index (χ2n) is 4.90. The van der Waals surface area contributed by atoms with E-state index in [4.69, 9.17) is 4.74 Å². The molecule has 0 radical (unpaired) electrons. The summed E-state index contributed by atoms with van der Waals surface area (Å²) >= 11 is 3.43. The Kier molecular flexibility index (Phi) is 4.66. The second kappa shape index (κ2) is 5.91. The number of alkyl halides is 1. The standard InChI is InChI=1S/C13H18BrNO3S/c1-11-4-2-3-5-12(11)19(16,17)15-13(10-14)6-8-18-9-7-13/h2-5,15H,6-10H2,1H3. The average molecular weight is 348 g/mol. The molecule has 4 nitrogen and oxygen atoms in total. The van der Waals surface area contributed by atoms with Crippen LogP contribution in [0.1, 0.15) is 18.4 Å². The van der Waals surface area contributed by atoms with Crippen LogP contribution >= 0.6 is 15.9 Å². The van der Waals surface area contributed by atoms with Gasteiger partial charge in [-0.05, 0) is 31.4 Å². The van der Waals surface area contributed by atoms with Gasteiger partial charge in [0.1, 0.15) is 0 Å². The fraction of sp³-hybridized carbons (Fsp3) is 0.538. The van der Waals surface area contributed by atoms with E-state index in [0.29, 0.717) is 36.3 Å². The smallest absolute Gasteiger partial charge is 0.241 e. The number of ether oxygens (including phenoxy) is 1. The minimum atomic E-state index is -3.50. The molecule has 106 valence electrons. The highest BCUT2D eigenvalue weighted by Gasteiger charge is 2.36. The molecule has 1 aliphatic heterocycles. The Morgan fingerprint density at radius 2 is 1.95 bits per heavy atom. The first kappa shape index (κ1) is 15.0. The topological polar surface area (TPSA) is 55.4 Å². The van der Waals surface area contributed by atoms with Gasteiger partial charge in [-0.2, -0.15) is 0 Å². The molecule has 1 N–H and O–H groups in total. The maximum absolute atomic E-state index is 12.5. The molecule has 6 heteroatoms. The summed E-state index contributed by atoms with van der Waals surface area (Å²) in [5.74, 6) is 0. The van der Waals surface area contributed by atoms with Gasteiger partial charge in [0, 0.05) is 24.1 Å². The summed E-state index contributed by atoms with van der Waals surface area (Å²) in [6.45, 7) is 2.98. The largest absolute Gasteiger partial charge is 0.381 e. The molecule has 0 spiro atoms. The van der Waals surface area contributed by atoms with Crippen LogP contribution in [0.5, 0.6) is 0 Å². The predicted molar refractivity (Wildman–Crippen MR) is 78.1 cm³/mol. The van der Waals surface area contributed by atoms with Gasteiger partial charge in [0.05, 0.1) is 4.90 Å². The molecular weight excluding hydrogens is 330 g/mol. The van der Waals surface area contributed by atoms with Gasteiger partial charge in [0.2, 0.25) is 10.0 Å². The number of halogens is 1. The number of sulfonamides is 1. The Hall–Kier alpha value is -0.430. The van der Waals surface area contributed by atoms with Crippen LogP contribution in [-0.2, 0) is 14.8 Å². The van der Waals surface area contributed by atoms with Gasteiger partial charge in [-0.25, -0.2) is 13.1 Å². The first-order chi connectivity index (χ1) is 8.99. The summed E-state index contributed by atoms with van der Waals surface area (Å²) in [7, 11) is -3.50. The molecule has 0 bridgehead atoms. The molecule has 0 atom stereocenters. The maximum atomic E-state index is 12.5. The quantitative estimate of drug-likeness (QED) is 0.849. The second-order valence-corrected chi connectivity index (χ2v) is 7.11. The lowest BCUT2D eigenvalue weighted by Crippen LogP contribution is -2.53. The molecule has 1 aromatic rings. The third-order valence-corrected chi connectivity index (χ3v) is 6.25. The lowest BCUT2D eigenvalue weighted by Gasteiger charge is -2.36. The number of benzene rings is 1. The average Bonchev–Trinajstić information content (AvgIpc) is 2.39. The van der Waals surface area contributed by atoms with Gasteiger partial charge in [0.25, 0.3) is 0 Å². The molecule has 19 heavy (non-hydrogen) atoms. The zero-order valence-electron chi connectivity index (χ0n) is 10.9. The van der Waals surface area contributed by atoms with Crippen molar-refractivity contribution in [2.24, 2.45) is 0 Å². The van der Waals surface area contributed by atoms with Gasteiger partial charge >= 0.3 is 0 Å². The van der Waals surface area contributed by atoms with Crippen LogP contribution in [0, 0.1) is 6.92 Å². The van der Waals surface area contributed by atoms with E-state index in [1.807, 2.05) is 6.07 Å². The molecule has 0 aromatic heterocycles. The molecule has 0 saturated carbocycles. The number of aryl methyl sites for hydroxylation is 1. The lowest BCUT2D eigenvalue weighted by atomic mass is 9.94. The van der Waals surface area contributed by atoms with E-state index in [1.54, 1.807) is 25.1 Å². The van der Waals surface area contributed by atoms with Crippen molar-refractivity contribution in [3.05, 3.63) is 29.8 Å². The van der Waals surface area contributed by atoms with E-state index in [-0.39, 0.29) is 0 Å². The van der Waals surface area contributed by atoms with E-state index in [0.717, 1.165) is 5.56 Å². The summed E-state index contributed by atoms with van der Waals surface area (Å²) in [5.41, 5.74) is 0.311. The monoisotopic (exact) mass is 347 g/mol. The molecule has 0 unspecified atom stereocenters. The lowest BCUT2D eigenvalue weighted by molar-refractivity contribution is 0.0557. The van der Waals surface area contributed by atoms with Crippen molar-refractivity contribution in [1.29, 1.82) is 0 Å². The van der Waals surface area contributed by atoms with Crippen molar-refractivity contribution in [3.8, 4) is 0 Å². The highest BCUT2D eigenvalue weighted by molar-refractivity contribution is 9.09. The third-order valence-electron chi connectivity index (χ3n) is 3.44. The highest BCUT2D eigenvalue weighted by atomic mass is 79.9. The van der Waals surface area contributed by atoms with E-state index >= 15 is 0 Å². The first-order valence-electron chi connectivity index (χ1n) is 6.22.